The Morgan fingerprint density at radius 1 is 1.31 bits per heavy atom. The Kier molecular flexibility index (Phi) is 6.81. The smallest absolute Gasteiger partial charge is 0.326 e. The van der Waals surface area contributed by atoms with Gasteiger partial charge in [-0.1, -0.05) is 22.0 Å². The van der Waals surface area contributed by atoms with Gasteiger partial charge in [0, 0.05) is 33.7 Å². The maximum absolute atomic E-state index is 13.2. The Bertz CT molecular complexity index is 1160. The van der Waals surface area contributed by atoms with Gasteiger partial charge < -0.3 is 20.1 Å². The van der Waals surface area contributed by atoms with E-state index in [0.29, 0.717) is 11.5 Å². The largest absolute Gasteiger partial charge is 0.497 e. The summed E-state index contributed by atoms with van der Waals surface area (Å²) >= 11 is 7.94. The molecule has 0 spiro atoms. The number of nitrogens with one attached hydrogen (secondary N) is 2. The van der Waals surface area contributed by atoms with Crippen LogP contribution in [0, 0.1) is 5.92 Å². The molecule has 32 heavy (non-hydrogen) atoms. The molecule has 1 aromatic heterocycles. The molecule has 2 aromatic carbocycles. The van der Waals surface area contributed by atoms with Gasteiger partial charge in [0.05, 0.1) is 13.0 Å². The number of carboxylic acids is 1. The molecule has 0 aliphatic heterocycles. The number of rotatable bonds is 8. The number of hydrogen-bond donors (Lipinski definition) is 4. The van der Waals surface area contributed by atoms with Gasteiger partial charge in [-0.25, -0.2) is 4.79 Å². The minimum absolute atomic E-state index is 0.0300. The molecule has 1 aliphatic carbocycles. The Hall–Kier alpha value is -2.45. The SMILES string of the molecule is COc1ccc2[nH]cc(C[C@H](NC(=O)C(CS)C3CCc4cc(Br)ccc43)C(=O)O)c2c1. The van der Waals surface area contributed by atoms with Crippen LogP contribution >= 0.6 is 28.6 Å². The number of methoxy groups -OCH3 is 1. The number of aliphatic carboxylic acids is 1. The van der Waals surface area contributed by atoms with E-state index in [1.807, 2.05) is 24.3 Å². The molecule has 0 bridgehead atoms. The third kappa shape index (κ3) is 4.52. The van der Waals surface area contributed by atoms with E-state index in [9.17, 15) is 14.7 Å². The number of aryl methyl sites for hydroxylation is 1. The van der Waals surface area contributed by atoms with Crippen molar-refractivity contribution in [1.29, 1.82) is 0 Å². The van der Waals surface area contributed by atoms with Gasteiger partial charge in [0.2, 0.25) is 5.91 Å². The third-order valence-electron chi connectivity index (χ3n) is 6.26. The van der Waals surface area contributed by atoms with Crippen LogP contribution in [0.2, 0.25) is 0 Å². The number of ether oxygens (including phenoxy) is 1. The zero-order valence-corrected chi connectivity index (χ0v) is 20.1. The summed E-state index contributed by atoms with van der Waals surface area (Å²) in [6.45, 7) is 0. The zero-order chi connectivity index (χ0) is 22.8. The normalized spacial score (nSPS) is 17.0. The summed E-state index contributed by atoms with van der Waals surface area (Å²) in [5.41, 5.74) is 4.08. The molecule has 0 saturated heterocycles. The second kappa shape index (κ2) is 9.58. The molecule has 1 aliphatic rings. The second-order valence-corrected chi connectivity index (χ2v) is 9.39. The van der Waals surface area contributed by atoms with E-state index in [1.165, 1.54) is 5.56 Å². The van der Waals surface area contributed by atoms with Crippen molar-refractivity contribution in [2.75, 3.05) is 12.9 Å². The highest BCUT2D eigenvalue weighted by Gasteiger charge is 2.35. The van der Waals surface area contributed by atoms with E-state index >= 15 is 0 Å². The zero-order valence-electron chi connectivity index (χ0n) is 17.6. The summed E-state index contributed by atoms with van der Waals surface area (Å²) in [6.07, 6.45) is 3.70. The van der Waals surface area contributed by atoms with Crippen LogP contribution in [0.15, 0.2) is 47.1 Å². The summed E-state index contributed by atoms with van der Waals surface area (Å²) in [6, 6.07) is 10.7. The Morgan fingerprint density at radius 3 is 2.84 bits per heavy atom. The summed E-state index contributed by atoms with van der Waals surface area (Å²) < 4.78 is 6.31. The van der Waals surface area contributed by atoms with Crippen molar-refractivity contribution in [1.82, 2.24) is 10.3 Å². The summed E-state index contributed by atoms with van der Waals surface area (Å²) in [5.74, 6) is -0.665. The van der Waals surface area contributed by atoms with Crippen molar-refractivity contribution < 1.29 is 19.4 Å². The van der Waals surface area contributed by atoms with E-state index in [2.05, 4.69) is 51.0 Å². The van der Waals surface area contributed by atoms with Gasteiger partial charge in [-0.05, 0) is 65.8 Å². The van der Waals surface area contributed by atoms with E-state index in [4.69, 9.17) is 4.74 Å². The molecule has 0 saturated carbocycles. The van der Waals surface area contributed by atoms with Crippen molar-refractivity contribution >= 4 is 51.3 Å². The van der Waals surface area contributed by atoms with Crippen LogP contribution in [-0.2, 0) is 22.4 Å². The molecule has 3 atom stereocenters. The highest BCUT2D eigenvalue weighted by atomic mass is 79.9. The first-order chi connectivity index (χ1) is 15.4. The van der Waals surface area contributed by atoms with Gasteiger partial charge in [-0.15, -0.1) is 0 Å². The number of thiol groups is 1. The van der Waals surface area contributed by atoms with E-state index in [1.54, 1.807) is 13.3 Å². The minimum atomic E-state index is -1.07. The van der Waals surface area contributed by atoms with E-state index < -0.39 is 17.9 Å². The van der Waals surface area contributed by atoms with Crippen molar-refractivity contribution in [2.45, 2.75) is 31.2 Å². The van der Waals surface area contributed by atoms with Crippen LogP contribution in [0.25, 0.3) is 10.9 Å². The number of aromatic amines is 1. The number of H-pyrrole nitrogens is 1. The summed E-state index contributed by atoms with van der Waals surface area (Å²) in [7, 11) is 1.59. The quantitative estimate of drug-likeness (QED) is 0.335. The molecule has 4 rings (SSSR count). The molecule has 3 N–H and O–H groups in total. The number of carbonyl (C=O) groups is 2. The summed E-state index contributed by atoms with van der Waals surface area (Å²) in [4.78, 5) is 28.4. The van der Waals surface area contributed by atoms with Crippen molar-refractivity contribution in [3.05, 3.63) is 63.8 Å². The lowest BCUT2D eigenvalue weighted by molar-refractivity contribution is -0.142. The number of halogens is 1. The number of amides is 1. The van der Waals surface area contributed by atoms with Gasteiger partial charge in [0.25, 0.3) is 0 Å². The molecular weight excluding hydrogens is 492 g/mol. The number of benzene rings is 2. The van der Waals surface area contributed by atoms with Gasteiger partial charge in [0.15, 0.2) is 0 Å². The van der Waals surface area contributed by atoms with Gasteiger partial charge >= 0.3 is 5.97 Å². The lowest BCUT2D eigenvalue weighted by atomic mass is 9.87. The van der Waals surface area contributed by atoms with Crippen molar-refractivity contribution in [2.24, 2.45) is 5.92 Å². The van der Waals surface area contributed by atoms with Gasteiger partial charge in [-0.3, -0.25) is 4.79 Å². The molecule has 6 nitrogen and oxygen atoms in total. The molecule has 8 heteroatoms. The number of hydrogen-bond acceptors (Lipinski definition) is 4. The van der Waals surface area contributed by atoms with Crippen LogP contribution in [0.4, 0.5) is 0 Å². The Balaban J connectivity index is 1.53. The molecular formula is C24H25BrN2O4S. The molecule has 1 amide bonds. The fourth-order valence-corrected chi connectivity index (χ4v) is 5.41. The lowest BCUT2D eigenvalue weighted by Crippen LogP contribution is -2.46. The predicted molar refractivity (Wildman–Crippen MR) is 131 cm³/mol. The van der Waals surface area contributed by atoms with Crippen LogP contribution in [-0.4, -0.2) is 40.9 Å². The first-order valence-corrected chi connectivity index (χ1v) is 11.9. The number of carboxylic acid groups (broad SMARTS) is 1. The highest BCUT2D eigenvalue weighted by Crippen LogP contribution is 2.40. The number of aromatic nitrogens is 1. The molecule has 1 heterocycles. The van der Waals surface area contributed by atoms with Crippen LogP contribution < -0.4 is 10.1 Å². The fraction of sp³-hybridized carbons (Fsp3) is 0.333. The molecule has 2 unspecified atom stereocenters. The fourth-order valence-electron chi connectivity index (χ4n) is 4.58. The monoisotopic (exact) mass is 516 g/mol. The minimum Gasteiger partial charge on any atom is -0.497 e. The average Bonchev–Trinajstić information content (AvgIpc) is 3.37. The first kappa shape index (κ1) is 22.7. The molecule has 3 aromatic rings. The number of carbonyl (C=O) groups excluding carboxylic acids is 1. The van der Waals surface area contributed by atoms with Crippen molar-refractivity contribution in [3.63, 3.8) is 0 Å². The van der Waals surface area contributed by atoms with E-state index in [0.717, 1.165) is 39.3 Å². The van der Waals surface area contributed by atoms with Crippen LogP contribution in [0.1, 0.15) is 29.0 Å². The summed E-state index contributed by atoms with van der Waals surface area (Å²) in [5, 5.41) is 13.5. The Morgan fingerprint density at radius 2 is 2.12 bits per heavy atom. The van der Waals surface area contributed by atoms with Crippen LogP contribution in [0.5, 0.6) is 5.75 Å². The second-order valence-electron chi connectivity index (χ2n) is 8.11. The maximum atomic E-state index is 13.2. The van der Waals surface area contributed by atoms with Gasteiger partial charge in [0.1, 0.15) is 11.8 Å². The predicted octanol–water partition coefficient (Wildman–Crippen LogP) is 4.33. The average molecular weight is 517 g/mol. The maximum Gasteiger partial charge on any atom is 0.326 e. The third-order valence-corrected chi connectivity index (χ3v) is 7.15. The van der Waals surface area contributed by atoms with Crippen molar-refractivity contribution in [3.8, 4) is 5.75 Å². The van der Waals surface area contributed by atoms with E-state index in [-0.39, 0.29) is 18.2 Å². The lowest BCUT2D eigenvalue weighted by Gasteiger charge is -2.24. The molecule has 168 valence electrons. The van der Waals surface area contributed by atoms with Crippen LogP contribution in [0.3, 0.4) is 0 Å². The van der Waals surface area contributed by atoms with Gasteiger partial charge in [-0.2, -0.15) is 12.6 Å². The molecule has 0 radical (unpaired) electrons. The number of fused-ring (bicyclic) bond motifs is 2. The first-order valence-electron chi connectivity index (χ1n) is 10.5. The topological polar surface area (TPSA) is 91.4 Å². The molecule has 0 fully saturated rings. The Labute approximate surface area is 200 Å². The highest BCUT2D eigenvalue weighted by molar-refractivity contribution is 9.10. The standard InChI is InChI=1S/C24H25BrN2O4S/c1-31-16-4-7-21-19(10-16)14(11-26-21)9-22(24(29)30)27-23(28)20(12-32)18-5-2-13-8-15(25)3-6-17(13)18/h3-4,6-8,10-11,18,20,22,26,32H,2,5,9,12H2,1H3,(H,27,28)(H,29,30)/t18?,20?,22-/m0/s1.